The van der Waals surface area contributed by atoms with E-state index in [2.05, 4.69) is 9.98 Å². The van der Waals surface area contributed by atoms with Crippen LogP contribution < -0.4 is 0 Å². The first-order chi connectivity index (χ1) is 16.0. The van der Waals surface area contributed by atoms with Gasteiger partial charge in [0.2, 0.25) is 0 Å². The maximum atomic E-state index is 10.6. The number of hydrogen-bond acceptors (Lipinski definition) is 8. The lowest BCUT2D eigenvalue weighted by molar-refractivity contribution is -0.0512. The van der Waals surface area contributed by atoms with Crippen LogP contribution in [0.3, 0.4) is 0 Å². The second-order valence-electron chi connectivity index (χ2n) is 8.36. The third-order valence-corrected chi connectivity index (χ3v) is 6.47. The monoisotopic (exact) mass is 447 g/mol. The zero-order valence-corrected chi connectivity index (χ0v) is 17.8. The molecule has 1 unspecified atom stereocenters. The predicted molar refractivity (Wildman–Crippen MR) is 124 cm³/mol. The Balaban J connectivity index is 1.53. The molecule has 33 heavy (non-hydrogen) atoms. The molecule has 5 atom stereocenters. The van der Waals surface area contributed by atoms with Crippen LogP contribution in [0.15, 0.2) is 75.6 Å². The van der Waals surface area contributed by atoms with E-state index < -0.39 is 36.7 Å². The summed E-state index contributed by atoms with van der Waals surface area (Å²) < 4.78 is 5.71. The summed E-state index contributed by atoms with van der Waals surface area (Å²) in [4.78, 5) is 14.8. The van der Waals surface area contributed by atoms with Gasteiger partial charge in [-0.15, -0.1) is 0 Å². The number of nitrogens with zero attached hydrogens (tertiary/aromatic N) is 4. The second-order valence-corrected chi connectivity index (χ2v) is 8.36. The van der Waals surface area contributed by atoms with Crippen molar-refractivity contribution >= 4 is 24.3 Å². The topological polar surface area (TPSA) is 134 Å². The first-order valence-corrected chi connectivity index (χ1v) is 10.8. The van der Waals surface area contributed by atoms with E-state index in [9.17, 15) is 15.3 Å². The number of ether oxygens (including phenoxy) is 1. The molecule has 3 aliphatic rings. The van der Waals surface area contributed by atoms with Crippen LogP contribution in [0.4, 0.5) is 0 Å². The van der Waals surface area contributed by atoms with E-state index in [0.717, 1.165) is 11.1 Å². The predicted octanol–water partition coefficient (Wildman–Crippen LogP) is 1.15. The van der Waals surface area contributed by atoms with Gasteiger partial charge in [0.15, 0.2) is 17.6 Å². The van der Waals surface area contributed by atoms with Gasteiger partial charge in [0.05, 0.1) is 12.9 Å². The molecular formula is C24H25N5O4. The Hall–Kier alpha value is -3.24. The Morgan fingerprint density at radius 1 is 1.00 bits per heavy atom. The Morgan fingerprint density at radius 3 is 2.21 bits per heavy atom. The highest BCUT2D eigenvalue weighted by Gasteiger charge is 2.55. The van der Waals surface area contributed by atoms with Crippen molar-refractivity contribution in [1.29, 1.82) is 5.41 Å². The summed E-state index contributed by atoms with van der Waals surface area (Å²) in [6.45, 7) is -0.432. The standard InChI is InChI=1S/C24H25N5O4/c25-22-24(11-17(15-7-3-1-4-8-15)16-9-5-2-6-10-16)23(27-13-26-22)29(14-28-24)21-20(32)19(31)18(12-30)33-21/h1-10,13-14,17-21,25,30-32H,11-12H2/t18-,19-,20-,21-,24?/m1/s1. The van der Waals surface area contributed by atoms with Crippen LogP contribution >= 0.6 is 0 Å². The number of aliphatic hydroxyl groups is 3. The number of hydrogen-bond donors (Lipinski definition) is 4. The molecule has 3 aliphatic heterocycles. The number of aliphatic imine (C=N–C) groups is 3. The average molecular weight is 447 g/mol. The lowest BCUT2D eigenvalue weighted by Crippen LogP contribution is -2.54. The average Bonchev–Trinajstić information content (AvgIpc) is 3.37. The van der Waals surface area contributed by atoms with Crippen molar-refractivity contribution in [1.82, 2.24) is 4.90 Å². The molecule has 1 saturated heterocycles. The first kappa shape index (κ1) is 21.6. The minimum absolute atomic E-state index is 0.0369. The van der Waals surface area contributed by atoms with Crippen LogP contribution in [-0.2, 0) is 4.74 Å². The molecule has 3 heterocycles. The van der Waals surface area contributed by atoms with Crippen molar-refractivity contribution in [2.45, 2.75) is 42.4 Å². The number of nitrogens with one attached hydrogen (secondary N) is 1. The highest BCUT2D eigenvalue weighted by Crippen LogP contribution is 2.40. The van der Waals surface area contributed by atoms with E-state index >= 15 is 0 Å². The molecule has 0 aliphatic carbocycles. The molecule has 5 rings (SSSR count). The Kier molecular flexibility index (Phi) is 5.63. The van der Waals surface area contributed by atoms with E-state index in [4.69, 9.17) is 15.1 Å². The number of fused-ring (bicyclic) bond motifs is 1. The minimum Gasteiger partial charge on any atom is -0.394 e. The minimum atomic E-state index is -1.28. The van der Waals surface area contributed by atoms with Gasteiger partial charge in [0.1, 0.15) is 30.5 Å². The van der Waals surface area contributed by atoms with Crippen LogP contribution in [0.1, 0.15) is 23.5 Å². The number of benzene rings is 2. The highest BCUT2D eigenvalue weighted by molar-refractivity contribution is 6.24. The number of rotatable bonds is 6. The fourth-order valence-corrected chi connectivity index (χ4v) is 4.71. The SMILES string of the molecule is N=C1N=CN=C2N([C@@H]3O[C@H](CO)[C@@H](O)[C@H]3O)C=NC12CC(c1ccccc1)c1ccccc1. The van der Waals surface area contributed by atoms with Crippen LogP contribution in [0, 0.1) is 5.41 Å². The van der Waals surface area contributed by atoms with Gasteiger partial charge >= 0.3 is 0 Å². The van der Waals surface area contributed by atoms with Crippen molar-refractivity contribution in [3.8, 4) is 0 Å². The van der Waals surface area contributed by atoms with Crippen molar-refractivity contribution in [3.05, 3.63) is 71.8 Å². The van der Waals surface area contributed by atoms with Gasteiger partial charge in [-0.25, -0.2) is 9.98 Å². The van der Waals surface area contributed by atoms with Gasteiger partial charge in [0, 0.05) is 5.92 Å². The van der Waals surface area contributed by atoms with Gasteiger partial charge in [0.25, 0.3) is 0 Å². The van der Waals surface area contributed by atoms with E-state index in [1.807, 2.05) is 60.7 Å². The van der Waals surface area contributed by atoms with Crippen LogP contribution in [0.2, 0.25) is 0 Å². The number of aliphatic hydroxyl groups excluding tert-OH is 3. The summed E-state index contributed by atoms with van der Waals surface area (Å²) in [6, 6.07) is 20.0. The molecule has 0 aromatic heterocycles. The third-order valence-electron chi connectivity index (χ3n) is 6.47. The molecule has 9 nitrogen and oxygen atoms in total. The molecular weight excluding hydrogens is 422 g/mol. The maximum Gasteiger partial charge on any atom is 0.179 e. The summed E-state index contributed by atoms with van der Waals surface area (Å²) in [7, 11) is 0. The Morgan fingerprint density at radius 2 is 1.64 bits per heavy atom. The normalized spacial score (nSPS) is 30.7. The van der Waals surface area contributed by atoms with Crippen molar-refractivity contribution < 1.29 is 20.1 Å². The fourth-order valence-electron chi connectivity index (χ4n) is 4.71. The van der Waals surface area contributed by atoms with Gasteiger partial charge in [-0.2, -0.15) is 0 Å². The van der Waals surface area contributed by atoms with Crippen molar-refractivity contribution in [2.24, 2.45) is 15.0 Å². The molecule has 0 amide bonds. The zero-order valence-electron chi connectivity index (χ0n) is 17.8. The van der Waals surface area contributed by atoms with Crippen molar-refractivity contribution in [3.63, 3.8) is 0 Å². The molecule has 0 radical (unpaired) electrons. The largest absolute Gasteiger partial charge is 0.394 e. The Labute approximate surface area is 190 Å². The first-order valence-electron chi connectivity index (χ1n) is 10.8. The molecule has 9 heteroatoms. The zero-order chi connectivity index (χ0) is 23.0. The summed E-state index contributed by atoms with van der Waals surface area (Å²) in [5.74, 6) is 0.331. The highest BCUT2D eigenvalue weighted by atomic mass is 16.6. The maximum absolute atomic E-state index is 10.6. The van der Waals surface area contributed by atoms with Crippen LogP contribution in [-0.4, -0.2) is 81.3 Å². The molecule has 2 aromatic rings. The van der Waals surface area contributed by atoms with E-state index in [-0.39, 0.29) is 11.8 Å². The molecule has 0 bridgehead atoms. The molecule has 1 fully saturated rings. The van der Waals surface area contributed by atoms with Gasteiger partial charge in [-0.3, -0.25) is 15.3 Å². The summed E-state index contributed by atoms with van der Waals surface area (Å²) >= 11 is 0. The lowest BCUT2D eigenvalue weighted by Gasteiger charge is -2.35. The quantitative estimate of drug-likeness (QED) is 0.527. The van der Waals surface area contributed by atoms with Gasteiger partial charge in [-0.05, 0) is 17.5 Å². The fraction of sp³-hybridized carbons (Fsp3) is 0.333. The molecule has 4 N–H and O–H groups in total. The summed E-state index contributed by atoms with van der Waals surface area (Å²) in [5, 5.41) is 39.0. The smallest absolute Gasteiger partial charge is 0.179 e. The second kappa shape index (κ2) is 8.60. The summed E-state index contributed by atoms with van der Waals surface area (Å²) in [6.07, 6.45) is -1.28. The summed E-state index contributed by atoms with van der Waals surface area (Å²) in [5.41, 5.74) is 0.957. The third kappa shape index (κ3) is 3.59. The van der Waals surface area contributed by atoms with Crippen LogP contribution in [0.25, 0.3) is 0 Å². The van der Waals surface area contributed by atoms with Crippen LogP contribution in [0.5, 0.6) is 0 Å². The molecule has 0 spiro atoms. The Bertz CT molecular complexity index is 1070. The number of amidine groups is 2. The van der Waals surface area contributed by atoms with Gasteiger partial charge in [-0.1, -0.05) is 60.7 Å². The molecule has 2 aromatic carbocycles. The lowest BCUT2D eigenvalue weighted by atomic mass is 9.78. The van der Waals surface area contributed by atoms with E-state index in [1.54, 1.807) is 0 Å². The van der Waals surface area contributed by atoms with E-state index in [0.29, 0.717) is 12.3 Å². The molecule has 170 valence electrons. The van der Waals surface area contributed by atoms with Crippen molar-refractivity contribution in [2.75, 3.05) is 6.61 Å². The van der Waals surface area contributed by atoms with Gasteiger partial charge < -0.3 is 20.1 Å². The van der Waals surface area contributed by atoms with E-state index in [1.165, 1.54) is 17.6 Å². The molecule has 0 saturated carbocycles.